The molecule has 1 aromatic rings. The Morgan fingerprint density at radius 1 is 0.960 bits per heavy atom. The van der Waals surface area contributed by atoms with Crippen molar-refractivity contribution < 1.29 is 32.8 Å². The molecule has 0 heterocycles. The number of hydroxylamine groups is 1. The zero-order valence-corrected chi connectivity index (χ0v) is 13.8. The molecular weight excluding hydrogens is 356 g/mol. The first kappa shape index (κ1) is 20.1. The van der Waals surface area contributed by atoms with E-state index < -0.39 is 33.7 Å². The monoisotopic (exact) mass is 372 g/mol. The van der Waals surface area contributed by atoms with Crippen molar-refractivity contribution in [3.63, 3.8) is 0 Å². The molecule has 0 saturated carbocycles. The van der Waals surface area contributed by atoms with Crippen molar-refractivity contribution in [1.29, 1.82) is 0 Å². The Morgan fingerprint density at radius 3 is 2.08 bits per heavy atom. The number of benzene rings is 1. The molecule has 0 aromatic heterocycles. The van der Waals surface area contributed by atoms with E-state index in [2.05, 4.69) is 10.6 Å². The van der Waals surface area contributed by atoms with Crippen molar-refractivity contribution in [3.05, 3.63) is 24.3 Å². The molecule has 25 heavy (non-hydrogen) atoms. The number of hydrogen-bond acceptors (Lipinski definition) is 7. The zero-order chi connectivity index (χ0) is 19.0. The normalized spacial score (nSPS) is 10.5. The van der Waals surface area contributed by atoms with Crippen molar-refractivity contribution in [2.24, 2.45) is 0 Å². The summed E-state index contributed by atoms with van der Waals surface area (Å²) in [5, 5.41) is 12.6. The average Bonchev–Trinajstić information content (AvgIpc) is 2.58. The second kappa shape index (κ2) is 8.75. The van der Waals surface area contributed by atoms with Gasteiger partial charge >= 0.3 is 23.6 Å². The van der Waals surface area contributed by atoms with Crippen LogP contribution in [0.1, 0.15) is 13.3 Å². The summed E-state index contributed by atoms with van der Waals surface area (Å²) in [6, 6.07) is 4.40. The molecule has 0 spiro atoms. The maximum absolute atomic E-state index is 12.0. The molecule has 0 radical (unpaired) electrons. The molecule has 0 fully saturated rings. The summed E-state index contributed by atoms with van der Waals surface area (Å²) in [4.78, 5) is 44.7. The number of carbonyl (C=O) groups is 4. The lowest BCUT2D eigenvalue weighted by atomic mass is 10.3. The third-order valence-electron chi connectivity index (χ3n) is 2.70. The van der Waals surface area contributed by atoms with Crippen LogP contribution in [-0.2, 0) is 29.2 Å². The van der Waals surface area contributed by atoms with Crippen LogP contribution >= 0.6 is 0 Å². The van der Waals surface area contributed by atoms with E-state index in [0.29, 0.717) is 6.42 Å². The molecule has 1 rings (SSSR count). The highest BCUT2D eigenvalue weighted by atomic mass is 32.2. The second-order valence-corrected chi connectivity index (χ2v) is 6.29. The Morgan fingerprint density at radius 2 is 1.56 bits per heavy atom. The molecule has 0 aliphatic rings. The fourth-order valence-corrected chi connectivity index (χ4v) is 2.45. The highest BCUT2D eigenvalue weighted by molar-refractivity contribution is 7.90. The van der Waals surface area contributed by atoms with Crippen LogP contribution < -0.4 is 20.8 Å². The van der Waals surface area contributed by atoms with Crippen LogP contribution in [0.4, 0.5) is 5.69 Å². The van der Waals surface area contributed by atoms with Gasteiger partial charge in [0.2, 0.25) is 0 Å². The number of anilines is 1. The van der Waals surface area contributed by atoms with Crippen molar-refractivity contribution in [3.8, 4) is 0 Å². The summed E-state index contributed by atoms with van der Waals surface area (Å²) in [6.07, 6.45) is 0.577. The minimum absolute atomic E-state index is 0.0690. The van der Waals surface area contributed by atoms with E-state index in [0.717, 1.165) is 29.7 Å². The van der Waals surface area contributed by atoms with Gasteiger partial charge in [-0.15, -0.1) is 0 Å². The predicted octanol–water partition coefficient (Wildman–Crippen LogP) is -1.54. The molecule has 12 heteroatoms. The van der Waals surface area contributed by atoms with Gasteiger partial charge < -0.3 is 10.6 Å². The maximum Gasteiger partial charge on any atom is 0.332 e. The molecular formula is C13H16N4O7S. The average molecular weight is 372 g/mol. The van der Waals surface area contributed by atoms with E-state index in [1.807, 2.05) is 0 Å². The molecule has 0 aliphatic carbocycles. The molecule has 0 bridgehead atoms. The Hall–Kier alpha value is -2.99. The summed E-state index contributed by atoms with van der Waals surface area (Å²) >= 11 is 0. The van der Waals surface area contributed by atoms with E-state index in [1.54, 1.807) is 11.6 Å². The van der Waals surface area contributed by atoms with Gasteiger partial charge in [-0.3, -0.25) is 24.4 Å². The van der Waals surface area contributed by atoms with Gasteiger partial charge in [0, 0.05) is 12.2 Å². The standard InChI is InChI=1S/C13H16N4O7S/c1-2-7-14-10(18)13(21)17-25(23,24)9-5-3-8(4-6-9)15-11(19)12(20)16-22/h3-6,22H,2,7H2,1H3,(H,14,18)(H,15,19)(H,16,20)(H,17,21). The van der Waals surface area contributed by atoms with Crippen LogP contribution in [0.5, 0.6) is 0 Å². The summed E-state index contributed by atoms with van der Waals surface area (Å²) in [6.45, 7) is 1.99. The zero-order valence-electron chi connectivity index (χ0n) is 13.0. The molecule has 0 atom stereocenters. The predicted molar refractivity (Wildman–Crippen MR) is 83.6 cm³/mol. The first-order valence-electron chi connectivity index (χ1n) is 6.91. The first-order valence-corrected chi connectivity index (χ1v) is 8.40. The summed E-state index contributed by atoms with van der Waals surface area (Å²) in [5.74, 6) is -4.88. The quantitative estimate of drug-likeness (QED) is 0.237. The van der Waals surface area contributed by atoms with Crippen LogP contribution in [0.15, 0.2) is 29.2 Å². The van der Waals surface area contributed by atoms with Crippen LogP contribution in [-0.4, -0.2) is 43.8 Å². The fourth-order valence-electron chi connectivity index (χ4n) is 1.50. The highest BCUT2D eigenvalue weighted by Gasteiger charge is 2.22. The summed E-state index contributed by atoms with van der Waals surface area (Å²) in [7, 11) is -4.29. The number of nitrogens with one attached hydrogen (secondary N) is 4. The lowest BCUT2D eigenvalue weighted by Gasteiger charge is -2.08. The molecule has 0 saturated heterocycles. The smallest absolute Gasteiger partial charge is 0.332 e. The number of rotatable bonds is 5. The van der Waals surface area contributed by atoms with Gasteiger partial charge in [0.1, 0.15) is 0 Å². The van der Waals surface area contributed by atoms with Gasteiger partial charge in [-0.2, -0.15) is 0 Å². The largest absolute Gasteiger partial charge is 0.348 e. The van der Waals surface area contributed by atoms with E-state index in [4.69, 9.17) is 5.21 Å². The maximum atomic E-state index is 12.0. The molecule has 0 aliphatic heterocycles. The molecule has 0 unspecified atom stereocenters. The minimum Gasteiger partial charge on any atom is -0.348 e. The first-order chi connectivity index (χ1) is 11.7. The van der Waals surface area contributed by atoms with Gasteiger partial charge in [-0.1, -0.05) is 6.92 Å². The van der Waals surface area contributed by atoms with E-state index in [-0.39, 0.29) is 17.1 Å². The van der Waals surface area contributed by atoms with Crippen LogP contribution in [0.2, 0.25) is 0 Å². The van der Waals surface area contributed by atoms with E-state index in [1.165, 1.54) is 0 Å². The van der Waals surface area contributed by atoms with Crippen molar-refractivity contribution in [1.82, 2.24) is 15.5 Å². The Bertz CT molecular complexity index is 774. The number of carbonyl (C=O) groups excluding carboxylic acids is 4. The van der Waals surface area contributed by atoms with Gasteiger partial charge in [-0.25, -0.2) is 18.6 Å². The number of sulfonamides is 1. The molecule has 1 aromatic carbocycles. The SMILES string of the molecule is CCCNC(=O)C(=O)NS(=O)(=O)c1ccc(NC(=O)C(=O)NO)cc1. The number of amides is 4. The van der Waals surface area contributed by atoms with E-state index in [9.17, 15) is 27.6 Å². The van der Waals surface area contributed by atoms with E-state index >= 15 is 0 Å². The Balaban J connectivity index is 2.79. The minimum atomic E-state index is -4.29. The lowest BCUT2D eigenvalue weighted by Crippen LogP contribution is -2.42. The third kappa shape index (κ3) is 5.86. The second-order valence-electron chi connectivity index (χ2n) is 4.61. The van der Waals surface area contributed by atoms with Gasteiger partial charge in [0.25, 0.3) is 10.0 Å². The van der Waals surface area contributed by atoms with Crippen LogP contribution in [0.3, 0.4) is 0 Å². The van der Waals surface area contributed by atoms with Gasteiger partial charge in [-0.05, 0) is 30.7 Å². The fraction of sp³-hybridized carbons (Fsp3) is 0.231. The summed E-state index contributed by atoms with van der Waals surface area (Å²) in [5.41, 5.74) is 1.20. The van der Waals surface area contributed by atoms with Gasteiger partial charge in [0.15, 0.2) is 0 Å². The Labute approximate surface area is 142 Å². The topological polar surface area (TPSA) is 171 Å². The van der Waals surface area contributed by atoms with Crippen LogP contribution in [0.25, 0.3) is 0 Å². The van der Waals surface area contributed by atoms with Crippen LogP contribution in [0, 0.1) is 0 Å². The van der Waals surface area contributed by atoms with Gasteiger partial charge in [0.05, 0.1) is 4.90 Å². The lowest BCUT2D eigenvalue weighted by molar-refractivity contribution is -0.141. The highest BCUT2D eigenvalue weighted by Crippen LogP contribution is 2.13. The molecule has 136 valence electrons. The van der Waals surface area contributed by atoms with Crippen molar-refractivity contribution in [2.45, 2.75) is 18.2 Å². The Kier molecular flexibility index (Phi) is 7.02. The third-order valence-corrected chi connectivity index (χ3v) is 4.05. The molecule has 11 nitrogen and oxygen atoms in total. The van der Waals surface area contributed by atoms with Crippen molar-refractivity contribution >= 4 is 39.3 Å². The molecule has 4 amide bonds. The van der Waals surface area contributed by atoms with Crippen molar-refractivity contribution in [2.75, 3.05) is 11.9 Å². The summed E-state index contributed by atoms with van der Waals surface area (Å²) < 4.78 is 25.6. The molecule has 5 N–H and O–H groups in total. The number of hydrogen-bond donors (Lipinski definition) is 5.